The van der Waals surface area contributed by atoms with Crippen LogP contribution in [0.3, 0.4) is 0 Å². The van der Waals surface area contributed by atoms with Crippen LogP contribution in [0.1, 0.15) is 49.4 Å². The molecule has 1 saturated heterocycles. The van der Waals surface area contributed by atoms with E-state index in [0.717, 1.165) is 25.3 Å². The first-order valence-corrected chi connectivity index (χ1v) is 7.84. The molecule has 1 aliphatic heterocycles. The summed E-state index contributed by atoms with van der Waals surface area (Å²) in [7, 11) is 0. The smallest absolute Gasteiger partial charge is 0.244 e. The maximum absolute atomic E-state index is 12.7. The molecule has 106 valence electrons. The van der Waals surface area contributed by atoms with Crippen molar-refractivity contribution in [2.45, 2.75) is 50.7 Å². The van der Waals surface area contributed by atoms with Crippen molar-refractivity contribution in [2.24, 2.45) is 5.92 Å². The fourth-order valence-corrected chi connectivity index (χ4v) is 3.56. The van der Waals surface area contributed by atoms with E-state index in [-0.39, 0.29) is 11.7 Å². The maximum Gasteiger partial charge on any atom is 0.244 e. The van der Waals surface area contributed by atoms with Gasteiger partial charge in [0.25, 0.3) is 0 Å². The van der Waals surface area contributed by atoms with Gasteiger partial charge in [-0.2, -0.15) is 0 Å². The van der Waals surface area contributed by atoms with E-state index in [9.17, 15) is 4.79 Å². The second-order valence-electron chi connectivity index (χ2n) is 6.74. The second-order valence-corrected chi connectivity index (χ2v) is 6.74. The zero-order valence-corrected chi connectivity index (χ0v) is 12.1. The minimum atomic E-state index is -0.212. The number of nitrogens with zero attached hydrogens (tertiary/aromatic N) is 1. The van der Waals surface area contributed by atoms with E-state index >= 15 is 0 Å². The predicted molar refractivity (Wildman–Crippen MR) is 78.1 cm³/mol. The number of aryl methyl sites for hydroxylation is 1. The number of hydrogen-bond donors (Lipinski definition) is 1. The molecule has 3 nitrogen and oxygen atoms in total. The number of carbonyl (C=O) groups is 1. The normalized spacial score (nSPS) is 27.9. The molecule has 2 aliphatic carbocycles. The molecular weight excluding hydrogens is 248 g/mol. The highest BCUT2D eigenvalue weighted by molar-refractivity contribution is 5.92. The summed E-state index contributed by atoms with van der Waals surface area (Å²) in [5.74, 6) is 1.07. The van der Waals surface area contributed by atoms with Gasteiger partial charge in [-0.05, 0) is 49.7 Å². The molecule has 3 heteroatoms. The fraction of sp³-hybridized carbons (Fsp3) is 0.588. The number of hydrogen-bond acceptors (Lipinski definition) is 2. The minimum Gasteiger partial charge on any atom is -0.321 e. The van der Waals surface area contributed by atoms with Gasteiger partial charge in [-0.25, -0.2) is 0 Å². The molecular formula is C17H22N2O. The molecule has 1 amide bonds. The van der Waals surface area contributed by atoms with Gasteiger partial charge in [0.05, 0.1) is 0 Å². The Labute approximate surface area is 120 Å². The lowest BCUT2D eigenvalue weighted by atomic mass is 9.85. The van der Waals surface area contributed by atoms with Gasteiger partial charge in [0.15, 0.2) is 0 Å². The van der Waals surface area contributed by atoms with Crippen LogP contribution < -0.4 is 5.32 Å². The summed E-state index contributed by atoms with van der Waals surface area (Å²) in [6.45, 7) is 3.08. The first-order chi connectivity index (χ1) is 9.70. The number of rotatable bonds is 3. The molecule has 2 saturated carbocycles. The van der Waals surface area contributed by atoms with Crippen molar-refractivity contribution < 1.29 is 4.79 Å². The van der Waals surface area contributed by atoms with Crippen LogP contribution in [0.25, 0.3) is 0 Å². The van der Waals surface area contributed by atoms with E-state index in [4.69, 9.17) is 0 Å². The molecule has 3 fully saturated rings. The lowest BCUT2D eigenvalue weighted by molar-refractivity contribution is -0.131. The molecule has 1 aromatic rings. The first-order valence-electron chi connectivity index (χ1n) is 7.84. The minimum absolute atomic E-state index is 0.0896. The van der Waals surface area contributed by atoms with Crippen LogP contribution in [0.15, 0.2) is 24.3 Å². The van der Waals surface area contributed by atoms with Crippen molar-refractivity contribution in [1.29, 1.82) is 0 Å². The van der Waals surface area contributed by atoms with E-state index in [0.29, 0.717) is 5.91 Å². The van der Waals surface area contributed by atoms with Gasteiger partial charge in [-0.3, -0.25) is 10.1 Å². The van der Waals surface area contributed by atoms with E-state index in [2.05, 4.69) is 41.4 Å². The third kappa shape index (κ3) is 1.80. The fourth-order valence-electron chi connectivity index (χ4n) is 3.56. The van der Waals surface area contributed by atoms with Crippen LogP contribution in [0.5, 0.6) is 0 Å². The van der Waals surface area contributed by atoms with Gasteiger partial charge in [0, 0.05) is 6.54 Å². The second kappa shape index (κ2) is 4.32. The molecule has 1 heterocycles. The highest BCUT2D eigenvalue weighted by Crippen LogP contribution is 2.47. The summed E-state index contributed by atoms with van der Waals surface area (Å²) < 4.78 is 0. The van der Waals surface area contributed by atoms with Crippen LogP contribution >= 0.6 is 0 Å². The molecule has 0 aromatic heterocycles. The molecule has 3 aliphatic rings. The van der Waals surface area contributed by atoms with E-state index in [1.165, 1.54) is 30.4 Å². The zero-order chi connectivity index (χ0) is 13.7. The Morgan fingerprint density at radius 1 is 1.30 bits per heavy atom. The van der Waals surface area contributed by atoms with Crippen LogP contribution in [0, 0.1) is 12.8 Å². The lowest BCUT2D eigenvalue weighted by Gasteiger charge is -2.33. The summed E-state index contributed by atoms with van der Waals surface area (Å²) in [6, 6.07) is 8.45. The monoisotopic (exact) mass is 270 g/mol. The third-order valence-electron chi connectivity index (χ3n) is 5.31. The van der Waals surface area contributed by atoms with Crippen LogP contribution in [-0.4, -0.2) is 22.9 Å². The summed E-state index contributed by atoms with van der Waals surface area (Å²) in [4.78, 5) is 14.8. The third-order valence-corrected chi connectivity index (χ3v) is 5.31. The van der Waals surface area contributed by atoms with Gasteiger partial charge >= 0.3 is 0 Å². The molecule has 0 bridgehead atoms. The summed E-state index contributed by atoms with van der Waals surface area (Å²) >= 11 is 0. The van der Waals surface area contributed by atoms with Crippen LogP contribution in [-0.2, 0) is 4.79 Å². The molecule has 4 rings (SSSR count). The van der Waals surface area contributed by atoms with Gasteiger partial charge in [-0.15, -0.1) is 0 Å². The van der Waals surface area contributed by atoms with Crippen molar-refractivity contribution in [1.82, 2.24) is 10.2 Å². The Bertz CT molecular complexity index is 546. The Kier molecular flexibility index (Phi) is 2.68. The van der Waals surface area contributed by atoms with Gasteiger partial charge in [0.2, 0.25) is 5.91 Å². The highest BCUT2D eigenvalue weighted by Gasteiger charge is 2.59. The highest BCUT2D eigenvalue weighted by atomic mass is 16.2. The van der Waals surface area contributed by atoms with E-state index in [1.807, 2.05) is 0 Å². The summed E-state index contributed by atoms with van der Waals surface area (Å²) in [5.41, 5.74) is 2.33. The SMILES string of the molecule is Cc1ccccc1C1NC2(CC2)C(=O)N1CC1CCC1. The largest absolute Gasteiger partial charge is 0.321 e. The quantitative estimate of drug-likeness (QED) is 0.916. The zero-order valence-electron chi connectivity index (χ0n) is 12.1. The Morgan fingerprint density at radius 3 is 2.65 bits per heavy atom. The van der Waals surface area contributed by atoms with Gasteiger partial charge in [0.1, 0.15) is 11.7 Å². The summed E-state index contributed by atoms with van der Waals surface area (Å²) in [6.07, 6.45) is 6.02. The first kappa shape index (κ1) is 12.4. The predicted octanol–water partition coefficient (Wildman–Crippen LogP) is 2.76. The molecule has 0 radical (unpaired) electrons. The topological polar surface area (TPSA) is 32.3 Å². The Morgan fingerprint density at radius 2 is 2.05 bits per heavy atom. The van der Waals surface area contributed by atoms with Crippen molar-refractivity contribution in [3.05, 3.63) is 35.4 Å². The molecule has 1 spiro atoms. The van der Waals surface area contributed by atoms with E-state index < -0.39 is 0 Å². The molecule has 1 N–H and O–H groups in total. The van der Waals surface area contributed by atoms with Crippen molar-refractivity contribution in [3.8, 4) is 0 Å². The number of carbonyl (C=O) groups excluding carboxylic acids is 1. The van der Waals surface area contributed by atoms with E-state index in [1.54, 1.807) is 0 Å². The lowest BCUT2D eigenvalue weighted by Crippen LogP contribution is -2.37. The molecule has 1 aromatic carbocycles. The Hall–Kier alpha value is -1.35. The summed E-state index contributed by atoms with van der Waals surface area (Å²) in [5, 5.41) is 3.63. The van der Waals surface area contributed by atoms with Crippen LogP contribution in [0.4, 0.5) is 0 Å². The van der Waals surface area contributed by atoms with Crippen molar-refractivity contribution in [3.63, 3.8) is 0 Å². The van der Waals surface area contributed by atoms with Gasteiger partial charge in [-0.1, -0.05) is 30.7 Å². The number of benzene rings is 1. The van der Waals surface area contributed by atoms with Crippen LogP contribution in [0.2, 0.25) is 0 Å². The van der Waals surface area contributed by atoms with Crippen molar-refractivity contribution in [2.75, 3.05) is 6.54 Å². The maximum atomic E-state index is 12.7. The average Bonchev–Trinajstić information content (AvgIpc) is 3.11. The molecule has 1 atom stereocenters. The molecule has 1 unspecified atom stereocenters. The average molecular weight is 270 g/mol. The van der Waals surface area contributed by atoms with Gasteiger partial charge < -0.3 is 4.90 Å². The standard InChI is InChI=1S/C17H22N2O/c1-12-5-2-3-8-14(12)15-18-17(9-10-17)16(20)19(15)11-13-6-4-7-13/h2-3,5,8,13,15,18H,4,6-7,9-11H2,1H3. The number of nitrogens with one attached hydrogen (secondary N) is 1. The number of amides is 1. The Balaban J connectivity index is 1.65. The van der Waals surface area contributed by atoms with Crippen molar-refractivity contribution >= 4 is 5.91 Å². The molecule has 20 heavy (non-hydrogen) atoms.